The Morgan fingerprint density at radius 3 is 2.05 bits per heavy atom. The molecule has 1 aromatic carbocycles. The molecule has 0 saturated carbocycles. The molecular weight excluding hydrogens is 268 g/mol. The summed E-state index contributed by atoms with van der Waals surface area (Å²) in [6.45, 7) is 2.08. The maximum atomic E-state index is 10.5. The van der Waals surface area contributed by atoms with Gasteiger partial charge in [-0.15, -0.1) is 0 Å². The molecule has 2 N–H and O–H groups in total. The zero-order valence-corrected chi connectivity index (χ0v) is 12.6. The summed E-state index contributed by atoms with van der Waals surface area (Å²) in [5.74, 6) is -1.48. The molecule has 0 spiro atoms. The maximum Gasteiger partial charge on any atom is 0.303 e. The summed E-state index contributed by atoms with van der Waals surface area (Å²) < 4.78 is 0. The third kappa shape index (κ3) is 6.93. The maximum absolute atomic E-state index is 10.5. The van der Waals surface area contributed by atoms with Crippen molar-refractivity contribution in [2.24, 2.45) is 0 Å². The molecule has 0 radical (unpaired) electrons. The second kappa shape index (κ2) is 9.16. The first-order valence-corrected chi connectivity index (χ1v) is 7.51. The van der Waals surface area contributed by atoms with Crippen molar-refractivity contribution in [3.63, 3.8) is 0 Å². The highest BCUT2D eigenvalue weighted by atomic mass is 16.4. The molecule has 0 saturated heterocycles. The Bertz CT molecular complexity index is 480. The molecule has 0 fully saturated rings. The number of rotatable bonds is 10. The molecule has 1 aromatic rings. The monoisotopic (exact) mass is 292 g/mol. The topological polar surface area (TPSA) is 74.6 Å². The second-order valence-corrected chi connectivity index (χ2v) is 5.41. The number of carboxylic acids is 2. The van der Waals surface area contributed by atoms with E-state index in [1.165, 1.54) is 16.7 Å². The first kappa shape index (κ1) is 17.2. The summed E-state index contributed by atoms with van der Waals surface area (Å²) in [5.41, 5.74) is 3.81. The van der Waals surface area contributed by atoms with Crippen LogP contribution in [0.3, 0.4) is 0 Å². The van der Waals surface area contributed by atoms with Crippen LogP contribution >= 0.6 is 0 Å². The number of carboxylic acid groups (broad SMARTS) is 2. The van der Waals surface area contributed by atoms with E-state index in [1.54, 1.807) is 0 Å². The van der Waals surface area contributed by atoms with Gasteiger partial charge in [0.2, 0.25) is 0 Å². The minimum Gasteiger partial charge on any atom is -0.481 e. The Balaban J connectivity index is 2.52. The van der Waals surface area contributed by atoms with Gasteiger partial charge in [-0.25, -0.2) is 0 Å². The summed E-state index contributed by atoms with van der Waals surface area (Å²) in [6.07, 6.45) is 5.37. The van der Waals surface area contributed by atoms with E-state index < -0.39 is 11.9 Å². The van der Waals surface area contributed by atoms with Gasteiger partial charge in [0.25, 0.3) is 0 Å². The molecule has 0 aromatic heterocycles. The van der Waals surface area contributed by atoms with E-state index in [0.29, 0.717) is 12.8 Å². The molecule has 0 aliphatic rings. The molecule has 0 aliphatic heterocycles. The van der Waals surface area contributed by atoms with Gasteiger partial charge in [0, 0.05) is 12.8 Å². The van der Waals surface area contributed by atoms with Crippen LogP contribution in [-0.2, 0) is 22.4 Å². The fraction of sp³-hybridized carbons (Fsp3) is 0.529. The number of unbranched alkanes of at least 4 members (excludes halogenated alkanes) is 2. The molecule has 0 unspecified atom stereocenters. The molecule has 4 nitrogen and oxygen atoms in total. The minimum absolute atomic E-state index is 0.222. The number of aliphatic carboxylic acids is 2. The minimum atomic E-state index is -0.742. The molecule has 0 heterocycles. The third-order valence-corrected chi connectivity index (χ3v) is 3.66. The van der Waals surface area contributed by atoms with Crippen LogP contribution in [0.5, 0.6) is 0 Å². The predicted octanol–water partition coefficient (Wildman–Crippen LogP) is 3.59. The highest BCUT2D eigenvalue weighted by Crippen LogP contribution is 2.19. The van der Waals surface area contributed by atoms with Crippen molar-refractivity contribution in [3.05, 3.63) is 34.9 Å². The first-order valence-electron chi connectivity index (χ1n) is 7.51. The van der Waals surface area contributed by atoms with Crippen molar-refractivity contribution in [3.8, 4) is 0 Å². The molecule has 0 amide bonds. The van der Waals surface area contributed by atoms with Crippen molar-refractivity contribution in [2.45, 2.75) is 58.3 Å². The van der Waals surface area contributed by atoms with E-state index in [9.17, 15) is 9.59 Å². The average molecular weight is 292 g/mol. The fourth-order valence-electron chi connectivity index (χ4n) is 2.52. The van der Waals surface area contributed by atoms with Crippen LogP contribution in [0.25, 0.3) is 0 Å². The van der Waals surface area contributed by atoms with Crippen LogP contribution in [-0.4, -0.2) is 22.2 Å². The number of aryl methyl sites for hydroxylation is 2. The number of hydrogen-bond acceptors (Lipinski definition) is 2. The smallest absolute Gasteiger partial charge is 0.303 e. The van der Waals surface area contributed by atoms with Crippen molar-refractivity contribution < 1.29 is 19.8 Å². The third-order valence-electron chi connectivity index (χ3n) is 3.66. The van der Waals surface area contributed by atoms with Crippen molar-refractivity contribution >= 4 is 11.9 Å². The predicted molar refractivity (Wildman–Crippen MR) is 81.6 cm³/mol. The van der Waals surface area contributed by atoms with E-state index in [1.807, 2.05) is 6.07 Å². The number of hydrogen-bond donors (Lipinski definition) is 2. The van der Waals surface area contributed by atoms with Gasteiger partial charge in [0.15, 0.2) is 0 Å². The van der Waals surface area contributed by atoms with Gasteiger partial charge >= 0.3 is 11.9 Å². The molecule has 1 rings (SSSR count). The van der Waals surface area contributed by atoms with Gasteiger partial charge < -0.3 is 10.2 Å². The Morgan fingerprint density at radius 1 is 0.905 bits per heavy atom. The van der Waals surface area contributed by atoms with Gasteiger partial charge in [-0.05, 0) is 62.1 Å². The normalized spacial score (nSPS) is 10.5. The quantitative estimate of drug-likeness (QED) is 0.646. The van der Waals surface area contributed by atoms with E-state index in [-0.39, 0.29) is 12.8 Å². The van der Waals surface area contributed by atoms with Gasteiger partial charge in [0.1, 0.15) is 0 Å². The average Bonchev–Trinajstić information content (AvgIpc) is 2.41. The lowest BCUT2D eigenvalue weighted by Gasteiger charge is -2.12. The standard InChI is InChI=1S/C17H24O4/c1-13-7-6-9-14(8-2-4-11-16(18)19)15(13)10-3-5-12-17(20)21/h6-7,9H,2-5,8,10-12H2,1H3,(H,18,19)(H,20,21). The molecule has 0 aliphatic carbocycles. The van der Waals surface area contributed by atoms with Crippen LogP contribution in [0.15, 0.2) is 18.2 Å². The van der Waals surface area contributed by atoms with Crippen molar-refractivity contribution in [2.75, 3.05) is 0 Å². The summed E-state index contributed by atoms with van der Waals surface area (Å²) >= 11 is 0. The largest absolute Gasteiger partial charge is 0.481 e. The molecule has 21 heavy (non-hydrogen) atoms. The number of carbonyl (C=O) groups is 2. The fourth-order valence-corrected chi connectivity index (χ4v) is 2.52. The lowest BCUT2D eigenvalue weighted by Crippen LogP contribution is -2.01. The Hall–Kier alpha value is -1.84. The summed E-state index contributed by atoms with van der Waals surface area (Å²) in [6, 6.07) is 6.20. The van der Waals surface area contributed by atoms with Crippen LogP contribution in [0.4, 0.5) is 0 Å². The highest BCUT2D eigenvalue weighted by Gasteiger charge is 2.07. The Morgan fingerprint density at radius 2 is 1.48 bits per heavy atom. The molecule has 4 heteroatoms. The van der Waals surface area contributed by atoms with E-state index in [0.717, 1.165) is 25.7 Å². The SMILES string of the molecule is Cc1cccc(CCCCC(=O)O)c1CCCCC(=O)O. The van der Waals surface area contributed by atoms with Crippen LogP contribution in [0.1, 0.15) is 55.2 Å². The van der Waals surface area contributed by atoms with Gasteiger partial charge in [0.05, 0.1) is 0 Å². The Labute approximate surface area is 125 Å². The zero-order chi connectivity index (χ0) is 15.7. The zero-order valence-electron chi connectivity index (χ0n) is 12.6. The van der Waals surface area contributed by atoms with Gasteiger partial charge in [-0.2, -0.15) is 0 Å². The second-order valence-electron chi connectivity index (χ2n) is 5.41. The molecule has 0 bridgehead atoms. The van der Waals surface area contributed by atoms with E-state index in [2.05, 4.69) is 19.1 Å². The lowest BCUT2D eigenvalue weighted by atomic mass is 9.93. The molecule has 116 valence electrons. The van der Waals surface area contributed by atoms with Gasteiger partial charge in [-0.1, -0.05) is 18.2 Å². The summed E-state index contributed by atoms with van der Waals surface area (Å²) in [5, 5.41) is 17.3. The molecule has 0 atom stereocenters. The lowest BCUT2D eigenvalue weighted by molar-refractivity contribution is -0.138. The molecular formula is C17H24O4. The van der Waals surface area contributed by atoms with Crippen LogP contribution in [0.2, 0.25) is 0 Å². The van der Waals surface area contributed by atoms with E-state index in [4.69, 9.17) is 10.2 Å². The van der Waals surface area contributed by atoms with Crippen molar-refractivity contribution in [1.29, 1.82) is 0 Å². The summed E-state index contributed by atoms with van der Waals surface area (Å²) in [7, 11) is 0. The summed E-state index contributed by atoms with van der Waals surface area (Å²) in [4.78, 5) is 21.0. The van der Waals surface area contributed by atoms with Crippen LogP contribution in [0, 0.1) is 6.92 Å². The number of benzene rings is 1. The Kier molecular flexibility index (Phi) is 7.51. The van der Waals surface area contributed by atoms with Gasteiger partial charge in [-0.3, -0.25) is 9.59 Å². The first-order chi connectivity index (χ1) is 10.0. The van der Waals surface area contributed by atoms with Crippen LogP contribution < -0.4 is 0 Å². The highest BCUT2D eigenvalue weighted by molar-refractivity contribution is 5.66. The van der Waals surface area contributed by atoms with Crippen molar-refractivity contribution in [1.82, 2.24) is 0 Å². The van der Waals surface area contributed by atoms with E-state index >= 15 is 0 Å².